The predicted molar refractivity (Wildman–Crippen MR) is 71.1 cm³/mol. The van der Waals surface area contributed by atoms with E-state index in [1.54, 1.807) is 12.1 Å². The molecule has 0 saturated heterocycles. The summed E-state index contributed by atoms with van der Waals surface area (Å²) >= 11 is 1.14. The summed E-state index contributed by atoms with van der Waals surface area (Å²) in [6, 6.07) is 8.53. The highest BCUT2D eigenvalue weighted by atomic mass is 32.1. The molecule has 6 heteroatoms. The van der Waals surface area contributed by atoms with Crippen LogP contribution in [0.5, 0.6) is 5.75 Å². The molecule has 2 rings (SSSR count). The second-order valence-corrected chi connectivity index (χ2v) is 5.00. The van der Waals surface area contributed by atoms with Crippen LogP contribution in [0.15, 0.2) is 30.3 Å². The van der Waals surface area contributed by atoms with Crippen LogP contribution < -0.4 is 5.32 Å². The van der Waals surface area contributed by atoms with Crippen molar-refractivity contribution < 1.29 is 10.0 Å². The second-order valence-electron chi connectivity index (χ2n) is 3.85. The van der Waals surface area contributed by atoms with Crippen molar-refractivity contribution in [2.45, 2.75) is 13.5 Å². The third-order valence-electron chi connectivity index (χ3n) is 2.50. The first-order valence-electron chi connectivity index (χ1n) is 5.33. The first-order chi connectivity index (χ1) is 8.56. The van der Waals surface area contributed by atoms with E-state index in [1.807, 2.05) is 19.1 Å². The number of aryl methyl sites for hydroxylation is 1. The lowest BCUT2D eigenvalue weighted by Crippen LogP contribution is -1.97. The van der Waals surface area contributed by atoms with Crippen LogP contribution in [0.3, 0.4) is 0 Å². The minimum Gasteiger partial charge on any atom is -0.508 e. The van der Waals surface area contributed by atoms with Crippen LogP contribution >= 0.6 is 11.3 Å². The largest absolute Gasteiger partial charge is 0.508 e. The van der Waals surface area contributed by atoms with E-state index in [2.05, 4.69) is 5.32 Å². The van der Waals surface area contributed by atoms with E-state index in [0.29, 0.717) is 6.54 Å². The normalized spacial score (nSPS) is 10.3. The molecule has 1 aromatic heterocycles. The summed E-state index contributed by atoms with van der Waals surface area (Å²) in [4.78, 5) is 11.0. The summed E-state index contributed by atoms with van der Waals surface area (Å²) < 4.78 is 0. The van der Waals surface area contributed by atoms with Gasteiger partial charge in [0, 0.05) is 29.2 Å². The number of phenolic OH excluding ortho intramolecular Hbond substituents is 1. The van der Waals surface area contributed by atoms with E-state index in [-0.39, 0.29) is 10.8 Å². The average molecular weight is 264 g/mol. The number of rotatable bonds is 4. The molecule has 0 radical (unpaired) electrons. The zero-order chi connectivity index (χ0) is 13.1. The van der Waals surface area contributed by atoms with Gasteiger partial charge in [-0.05, 0) is 24.6 Å². The molecule has 0 aliphatic heterocycles. The van der Waals surface area contributed by atoms with Crippen LogP contribution in [0, 0.1) is 17.0 Å². The molecule has 0 bridgehead atoms. The molecule has 18 heavy (non-hydrogen) atoms. The van der Waals surface area contributed by atoms with Crippen LogP contribution in [-0.2, 0) is 6.54 Å². The monoisotopic (exact) mass is 264 g/mol. The van der Waals surface area contributed by atoms with Crippen LogP contribution in [-0.4, -0.2) is 10.0 Å². The summed E-state index contributed by atoms with van der Waals surface area (Å²) in [5.41, 5.74) is 1.60. The number of phenols is 1. The van der Waals surface area contributed by atoms with Crippen LogP contribution in [0.4, 0.5) is 10.7 Å². The minimum absolute atomic E-state index is 0.138. The van der Waals surface area contributed by atoms with Gasteiger partial charge in [-0.2, -0.15) is 0 Å². The van der Waals surface area contributed by atoms with E-state index >= 15 is 0 Å². The zero-order valence-corrected chi connectivity index (χ0v) is 10.5. The maximum Gasteiger partial charge on any atom is 0.324 e. The van der Waals surface area contributed by atoms with Crippen molar-refractivity contribution in [2.75, 3.05) is 5.32 Å². The predicted octanol–water partition coefficient (Wildman–Crippen LogP) is 3.28. The Morgan fingerprint density at radius 1 is 1.39 bits per heavy atom. The van der Waals surface area contributed by atoms with Gasteiger partial charge in [0.15, 0.2) is 0 Å². The van der Waals surface area contributed by atoms with E-state index in [4.69, 9.17) is 0 Å². The maximum absolute atomic E-state index is 10.5. The topological polar surface area (TPSA) is 75.4 Å². The van der Waals surface area contributed by atoms with Gasteiger partial charge in [0.1, 0.15) is 5.75 Å². The molecule has 0 saturated carbocycles. The molecule has 2 aromatic rings. The fraction of sp³-hybridized carbons (Fsp3) is 0.167. The van der Waals surface area contributed by atoms with Crippen molar-refractivity contribution in [2.24, 2.45) is 0 Å². The van der Waals surface area contributed by atoms with Gasteiger partial charge in [-0.15, -0.1) is 0 Å². The van der Waals surface area contributed by atoms with E-state index in [0.717, 1.165) is 27.5 Å². The zero-order valence-electron chi connectivity index (χ0n) is 9.71. The second kappa shape index (κ2) is 5.05. The molecule has 0 amide bonds. The summed E-state index contributed by atoms with van der Waals surface area (Å²) in [5, 5.41) is 23.3. The number of hydrogen-bond donors (Lipinski definition) is 2. The van der Waals surface area contributed by atoms with Crippen molar-refractivity contribution >= 4 is 22.0 Å². The molecule has 1 aromatic carbocycles. The van der Waals surface area contributed by atoms with Gasteiger partial charge in [0.05, 0.1) is 4.92 Å². The van der Waals surface area contributed by atoms with Crippen molar-refractivity contribution in [1.29, 1.82) is 0 Å². The third kappa shape index (κ3) is 2.78. The lowest BCUT2D eigenvalue weighted by molar-refractivity contribution is -0.380. The quantitative estimate of drug-likeness (QED) is 0.656. The van der Waals surface area contributed by atoms with Crippen LogP contribution in [0.1, 0.15) is 10.4 Å². The van der Waals surface area contributed by atoms with Gasteiger partial charge in [-0.25, -0.2) is 0 Å². The molecule has 0 fully saturated rings. The first kappa shape index (κ1) is 12.4. The summed E-state index contributed by atoms with van der Waals surface area (Å²) in [6.45, 7) is 2.32. The molecule has 5 nitrogen and oxygen atoms in total. The highest BCUT2D eigenvalue weighted by Gasteiger charge is 2.09. The lowest BCUT2D eigenvalue weighted by atomic mass is 10.2. The fourth-order valence-corrected chi connectivity index (χ4v) is 2.23. The third-order valence-corrected chi connectivity index (χ3v) is 3.54. The molecular formula is C12H12N2O3S. The van der Waals surface area contributed by atoms with Gasteiger partial charge in [-0.1, -0.05) is 17.4 Å². The number of hydrogen-bond acceptors (Lipinski definition) is 5. The van der Waals surface area contributed by atoms with E-state index in [9.17, 15) is 15.2 Å². The first-order valence-corrected chi connectivity index (χ1v) is 6.14. The molecule has 0 aliphatic rings. The Kier molecular flexibility index (Phi) is 3.47. The van der Waals surface area contributed by atoms with E-state index < -0.39 is 4.92 Å². The lowest BCUT2D eigenvalue weighted by Gasteiger charge is -2.06. The summed E-state index contributed by atoms with van der Waals surface area (Å²) in [7, 11) is 0. The molecule has 0 aliphatic carbocycles. The minimum atomic E-state index is -0.397. The molecule has 1 heterocycles. The Bertz CT molecular complexity index is 580. The van der Waals surface area contributed by atoms with Crippen LogP contribution in [0.25, 0.3) is 0 Å². The number of thiophene rings is 1. The molecular weight excluding hydrogens is 252 g/mol. The van der Waals surface area contributed by atoms with Crippen LogP contribution in [0.2, 0.25) is 0 Å². The Labute approximate surface area is 108 Å². The Morgan fingerprint density at radius 3 is 2.78 bits per heavy atom. The van der Waals surface area contributed by atoms with Gasteiger partial charge >= 0.3 is 5.00 Å². The molecule has 94 valence electrons. The molecule has 0 unspecified atom stereocenters. The standard InChI is InChI=1S/C12H12N2O3S/c1-8-2-3-9(6-11(8)15)13-7-10-4-5-12(18-10)14(16)17/h2-6,13,15H,7H2,1H3. The number of nitrogens with zero attached hydrogens (tertiary/aromatic N) is 1. The Morgan fingerprint density at radius 2 is 2.17 bits per heavy atom. The highest BCUT2D eigenvalue weighted by Crippen LogP contribution is 2.26. The van der Waals surface area contributed by atoms with Gasteiger partial charge in [-0.3, -0.25) is 10.1 Å². The Hall–Kier alpha value is -2.08. The number of benzene rings is 1. The Balaban J connectivity index is 2.02. The SMILES string of the molecule is Cc1ccc(NCc2ccc([N+](=O)[O-])s2)cc1O. The summed E-state index contributed by atoms with van der Waals surface area (Å²) in [6.07, 6.45) is 0. The molecule has 2 N–H and O–H groups in total. The van der Waals surface area contributed by atoms with Crippen molar-refractivity contribution in [1.82, 2.24) is 0 Å². The number of anilines is 1. The average Bonchev–Trinajstić information content (AvgIpc) is 2.79. The van der Waals surface area contributed by atoms with Gasteiger partial charge < -0.3 is 10.4 Å². The number of nitro groups is 1. The summed E-state index contributed by atoms with van der Waals surface area (Å²) in [5.74, 6) is 0.233. The smallest absolute Gasteiger partial charge is 0.324 e. The maximum atomic E-state index is 10.5. The molecule has 0 atom stereocenters. The number of aromatic hydroxyl groups is 1. The highest BCUT2D eigenvalue weighted by molar-refractivity contribution is 7.15. The number of nitrogens with one attached hydrogen (secondary N) is 1. The van der Waals surface area contributed by atoms with Gasteiger partial charge in [0.25, 0.3) is 0 Å². The van der Waals surface area contributed by atoms with Gasteiger partial charge in [0.2, 0.25) is 0 Å². The fourth-order valence-electron chi connectivity index (χ4n) is 1.47. The van der Waals surface area contributed by atoms with E-state index in [1.165, 1.54) is 6.07 Å². The molecule has 0 spiro atoms. The van der Waals surface area contributed by atoms with Crippen molar-refractivity contribution in [3.8, 4) is 5.75 Å². The van der Waals surface area contributed by atoms with Crippen molar-refractivity contribution in [3.05, 3.63) is 50.9 Å². The van der Waals surface area contributed by atoms with Crippen molar-refractivity contribution in [3.63, 3.8) is 0 Å².